The van der Waals surface area contributed by atoms with Crippen molar-refractivity contribution in [2.75, 3.05) is 19.8 Å². The van der Waals surface area contributed by atoms with E-state index < -0.39 is 8.25 Å². The molecule has 50 heavy (non-hydrogen) atoms. The van der Waals surface area contributed by atoms with Gasteiger partial charge in [-0.25, -0.2) is 0 Å². The molecule has 0 amide bonds. The average molecular weight is 712 g/mol. The first-order valence-electron chi connectivity index (χ1n) is 17.9. The van der Waals surface area contributed by atoms with Crippen molar-refractivity contribution in [2.24, 2.45) is 0 Å². The highest BCUT2D eigenvalue weighted by Gasteiger charge is 2.23. The number of phenolic OH excluding ortho intramolecular Hbond substituents is 3. The van der Waals surface area contributed by atoms with Crippen molar-refractivity contribution >= 4 is 8.25 Å². The van der Waals surface area contributed by atoms with Gasteiger partial charge in [0.25, 0.3) is 0 Å². The van der Waals surface area contributed by atoms with Crippen LogP contribution in [0.3, 0.4) is 0 Å². The SMILES string of the molecule is Cc1cc(CCCO)cc(C(C)(C)C)c1O.Cc1cc(CCCO[P+](=O)OCCCc2cc(C)c(O)c(C(C)(C)C)c2)cc(C(C)(C)C)c1O. The summed E-state index contributed by atoms with van der Waals surface area (Å²) < 4.78 is 22.8. The van der Waals surface area contributed by atoms with Crippen molar-refractivity contribution in [3.05, 3.63) is 86.5 Å². The van der Waals surface area contributed by atoms with E-state index in [4.69, 9.17) is 14.2 Å². The summed E-state index contributed by atoms with van der Waals surface area (Å²) in [5.41, 5.74) is 8.68. The maximum atomic E-state index is 12.1. The summed E-state index contributed by atoms with van der Waals surface area (Å²) in [4.78, 5) is 0. The van der Waals surface area contributed by atoms with Crippen LogP contribution in [0.4, 0.5) is 0 Å². The van der Waals surface area contributed by atoms with Crippen LogP contribution in [0, 0.1) is 20.8 Å². The van der Waals surface area contributed by atoms with Crippen LogP contribution in [0.2, 0.25) is 0 Å². The van der Waals surface area contributed by atoms with Gasteiger partial charge in [-0.05, 0) is 126 Å². The van der Waals surface area contributed by atoms with Gasteiger partial charge in [0, 0.05) is 11.2 Å². The summed E-state index contributed by atoms with van der Waals surface area (Å²) in [6, 6.07) is 12.1. The van der Waals surface area contributed by atoms with Crippen molar-refractivity contribution in [2.45, 2.75) is 138 Å². The normalized spacial score (nSPS) is 12.1. The number of rotatable bonds is 13. The fraction of sp³-hybridized carbons (Fsp3) is 0.571. The summed E-state index contributed by atoms with van der Waals surface area (Å²) in [5, 5.41) is 39.6. The zero-order chi connectivity index (χ0) is 38.0. The Bertz CT molecular complexity index is 1490. The van der Waals surface area contributed by atoms with E-state index in [1.165, 1.54) is 5.56 Å². The zero-order valence-electron chi connectivity index (χ0n) is 32.8. The van der Waals surface area contributed by atoms with Gasteiger partial charge in [0.1, 0.15) is 30.5 Å². The molecule has 0 unspecified atom stereocenters. The molecule has 0 heterocycles. The van der Waals surface area contributed by atoms with Gasteiger partial charge in [-0.2, -0.15) is 0 Å². The van der Waals surface area contributed by atoms with Gasteiger partial charge >= 0.3 is 8.25 Å². The molecule has 4 N–H and O–H groups in total. The Kier molecular flexibility index (Phi) is 16.0. The summed E-state index contributed by atoms with van der Waals surface area (Å²) in [5.74, 6) is 1.13. The quantitative estimate of drug-likeness (QED) is 0.103. The molecule has 0 fully saturated rings. The van der Waals surface area contributed by atoms with E-state index in [0.717, 1.165) is 83.0 Å². The average Bonchev–Trinajstić information content (AvgIpc) is 2.99. The largest absolute Gasteiger partial charge is 0.697 e. The second kappa shape index (κ2) is 18.5. The Labute approximate surface area is 303 Å². The van der Waals surface area contributed by atoms with Gasteiger partial charge < -0.3 is 20.4 Å². The molecule has 0 aliphatic heterocycles. The number of benzene rings is 3. The van der Waals surface area contributed by atoms with Crippen molar-refractivity contribution in [1.29, 1.82) is 0 Å². The van der Waals surface area contributed by atoms with Crippen LogP contribution in [0.25, 0.3) is 0 Å². The van der Waals surface area contributed by atoms with Crippen LogP contribution in [0.15, 0.2) is 36.4 Å². The van der Waals surface area contributed by atoms with Crippen LogP contribution < -0.4 is 0 Å². The Balaban J connectivity index is 0.000000452. The van der Waals surface area contributed by atoms with Gasteiger partial charge in [-0.15, -0.1) is 9.05 Å². The van der Waals surface area contributed by atoms with Crippen LogP contribution >= 0.6 is 8.25 Å². The third-order valence-corrected chi connectivity index (χ3v) is 9.53. The number of aliphatic hydroxyl groups excluding tert-OH is 1. The number of aromatic hydroxyl groups is 3. The molecule has 0 saturated heterocycles. The van der Waals surface area contributed by atoms with Gasteiger partial charge in [-0.1, -0.05) is 98.7 Å². The molecule has 7 nitrogen and oxygen atoms in total. The molecular formula is C42H64O7P+. The smallest absolute Gasteiger partial charge is 0.507 e. The number of hydrogen-bond donors (Lipinski definition) is 4. The third-order valence-electron chi connectivity index (χ3n) is 8.74. The van der Waals surface area contributed by atoms with Crippen LogP contribution in [0.1, 0.15) is 132 Å². The molecule has 0 atom stereocenters. The van der Waals surface area contributed by atoms with E-state index in [0.29, 0.717) is 30.5 Å². The van der Waals surface area contributed by atoms with E-state index in [9.17, 15) is 19.9 Å². The molecule has 3 aromatic rings. The Morgan fingerprint density at radius 3 is 1.06 bits per heavy atom. The third kappa shape index (κ3) is 13.3. The predicted octanol–water partition coefficient (Wildman–Crippen LogP) is 10.5. The van der Waals surface area contributed by atoms with Crippen LogP contribution in [-0.4, -0.2) is 40.2 Å². The Morgan fingerprint density at radius 1 is 0.520 bits per heavy atom. The summed E-state index contributed by atoms with van der Waals surface area (Å²) in [6.07, 6.45) is 4.64. The lowest BCUT2D eigenvalue weighted by molar-refractivity contribution is 0.222. The highest BCUT2D eigenvalue weighted by molar-refractivity contribution is 7.33. The minimum atomic E-state index is -2.14. The summed E-state index contributed by atoms with van der Waals surface area (Å²) in [6.45, 7) is 25.5. The fourth-order valence-electron chi connectivity index (χ4n) is 5.86. The first-order chi connectivity index (χ1) is 23.1. The molecular weight excluding hydrogens is 647 g/mol. The second-order valence-corrected chi connectivity index (χ2v) is 17.6. The van der Waals surface area contributed by atoms with Gasteiger partial charge in [0.15, 0.2) is 0 Å². The first kappa shape index (κ1) is 43.2. The molecule has 3 aromatic carbocycles. The molecule has 0 saturated carbocycles. The minimum absolute atomic E-state index is 0.0515. The predicted molar refractivity (Wildman–Crippen MR) is 206 cm³/mol. The fourth-order valence-corrected chi connectivity index (χ4v) is 6.49. The molecule has 0 radical (unpaired) electrons. The van der Waals surface area contributed by atoms with Crippen molar-refractivity contribution in [1.82, 2.24) is 0 Å². The minimum Gasteiger partial charge on any atom is -0.507 e. The second-order valence-electron chi connectivity index (χ2n) is 16.6. The lowest BCUT2D eigenvalue weighted by Gasteiger charge is -2.22. The van der Waals surface area contributed by atoms with Crippen molar-refractivity contribution in [3.8, 4) is 17.2 Å². The number of aliphatic hydroxyl groups is 1. The monoisotopic (exact) mass is 711 g/mol. The van der Waals surface area contributed by atoms with Gasteiger partial charge in [-0.3, -0.25) is 0 Å². The first-order valence-corrected chi connectivity index (χ1v) is 19.0. The lowest BCUT2D eigenvalue weighted by atomic mass is 9.83. The molecule has 0 aromatic heterocycles. The number of phenols is 3. The maximum absolute atomic E-state index is 12.1. The van der Waals surface area contributed by atoms with Crippen molar-refractivity contribution in [3.63, 3.8) is 0 Å². The zero-order valence-corrected chi connectivity index (χ0v) is 33.7. The standard InChI is InChI=1S/C28H41O5P.C14H22O2/c1-19-15-21(17-23(25(19)29)27(3,4)5)11-9-13-32-34(31)33-14-10-12-22-16-20(2)26(30)24(18-22)28(6,7)8;1-10-8-11(6-5-7-15)9-12(13(10)16)14(2,3)4/h15-18H,9-14H2,1-8H3,(H-,29,30);8-9,15-16H,5-7H2,1-4H3/p+1. The van der Waals surface area contributed by atoms with E-state index >= 15 is 0 Å². The van der Waals surface area contributed by atoms with E-state index in [2.05, 4.69) is 80.5 Å². The lowest BCUT2D eigenvalue weighted by Crippen LogP contribution is -2.12. The number of hydrogen-bond acceptors (Lipinski definition) is 7. The molecule has 8 heteroatoms. The Morgan fingerprint density at radius 2 is 0.800 bits per heavy atom. The number of aryl methyl sites for hydroxylation is 6. The van der Waals surface area contributed by atoms with Crippen LogP contribution in [-0.2, 0) is 49.1 Å². The molecule has 0 aliphatic carbocycles. The van der Waals surface area contributed by atoms with E-state index in [-0.39, 0.29) is 22.9 Å². The maximum Gasteiger partial charge on any atom is 0.697 e. The Hall–Kier alpha value is -2.96. The molecule has 3 rings (SSSR count). The van der Waals surface area contributed by atoms with Gasteiger partial charge in [0.05, 0.1) is 0 Å². The molecule has 278 valence electrons. The summed E-state index contributed by atoms with van der Waals surface area (Å²) in [7, 11) is -2.14. The molecule has 0 aliphatic rings. The van der Waals surface area contributed by atoms with Crippen LogP contribution in [0.5, 0.6) is 17.2 Å². The van der Waals surface area contributed by atoms with Crippen molar-refractivity contribution < 1.29 is 34.0 Å². The highest BCUT2D eigenvalue weighted by Crippen LogP contribution is 2.37. The molecule has 0 bridgehead atoms. The summed E-state index contributed by atoms with van der Waals surface area (Å²) >= 11 is 0. The topological polar surface area (TPSA) is 116 Å². The van der Waals surface area contributed by atoms with Gasteiger partial charge in [0.2, 0.25) is 0 Å². The van der Waals surface area contributed by atoms with E-state index in [1.54, 1.807) is 0 Å². The van der Waals surface area contributed by atoms with E-state index in [1.807, 2.05) is 39.0 Å². The molecule has 0 spiro atoms. The highest BCUT2D eigenvalue weighted by atomic mass is 31.1.